The lowest BCUT2D eigenvalue weighted by Crippen LogP contribution is -2.32. The molecular weight excluding hydrogens is 240 g/mol. The average molecular weight is 256 g/mol. The van der Waals surface area contributed by atoms with Crippen LogP contribution in [0, 0.1) is 0 Å². The summed E-state index contributed by atoms with van der Waals surface area (Å²) in [6, 6.07) is 0. The minimum absolute atomic E-state index is 0.00108. The van der Waals surface area contributed by atoms with Gasteiger partial charge < -0.3 is 19.8 Å². The molecule has 0 saturated carbocycles. The van der Waals surface area contributed by atoms with E-state index in [-0.39, 0.29) is 18.3 Å². The molecule has 0 spiro atoms. The quantitative estimate of drug-likeness (QED) is 0.813. The molecule has 1 rings (SSSR count). The number of carbonyl (C=O) groups excluding carboxylic acids is 2. The van der Waals surface area contributed by atoms with Gasteiger partial charge in [0.05, 0.1) is 6.54 Å². The zero-order valence-electron chi connectivity index (χ0n) is 10.7. The molecule has 1 aromatic heterocycles. The van der Waals surface area contributed by atoms with Gasteiger partial charge in [0, 0.05) is 7.05 Å². The maximum absolute atomic E-state index is 11.3. The molecule has 0 unspecified atom stereocenters. The van der Waals surface area contributed by atoms with Crippen molar-refractivity contribution in [1.82, 2.24) is 20.8 Å². The largest absolute Gasteiger partial charge is 0.444 e. The lowest BCUT2D eigenvalue weighted by atomic mass is 10.2. The average Bonchev–Trinajstić information content (AvgIpc) is 2.71. The summed E-state index contributed by atoms with van der Waals surface area (Å²) in [5.74, 6) is -0.510. The summed E-state index contributed by atoms with van der Waals surface area (Å²) in [7, 11) is 1.45. The molecule has 8 nitrogen and oxygen atoms in total. The molecule has 1 aromatic rings. The summed E-state index contributed by atoms with van der Waals surface area (Å²) in [6.45, 7) is 5.26. The predicted molar refractivity (Wildman–Crippen MR) is 60.8 cm³/mol. The summed E-state index contributed by atoms with van der Waals surface area (Å²) < 4.78 is 10.0. The number of ether oxygens (including phenoxy) is 1. The smallest absolute Gasteiger partial charge is 0.408 e. The Hall–Kier alpha value is -2.12. The maximum Gasteiger partial charge on any atom is 0.408 e. The zero-order chi connectivity index (χ0) is 13.8. The molecule has 2 amide bonds. The van der Waals surface area contributed by atoms with E-state index in [4.69, 9.17) is 9.15 Å². The number of nitrogens with one attached hydrogen (secondary N) is 2. The SMILES string of the molecule is CNC(=O)c1nnc(CNC(=O)OC(C)(C)C)o1. The van der Waals surface area contributed by atoms with Gasteiger partial charge >= 0.3 is 17.9 Å². The van der Waals surface area contributed by atoms with Crippen molar-refractivity contribution >= 4 is 12.0 Å². The van der Waals surface area contributed by atoms with Gasteiger partial charge in [0.15, 0.2) is 0 Å². The van der Waals surface area contributed by atoms with E-state index in [9.17, 15) is 9.59 Å². The minimum atomic E-state index is -0.595. The summed E-state index contributed by atoms with van der Waals surface area (Å²) in [6.07, 6.45) is -0.595. The van der Waals surface area contributed by atoms with Crippen LogP contribution in [0.4, 0.5) is 4.79 Å². The summed E-state index contributed by atoms with van der Waals surface area (Å²) in [5.41, 5.74) is -0.577. The molecule has 0 saturated heterocycles. The fraction of sp³-hybridized carbons (Fsp3) is 0.600. The standard InChI is InChI=1S/C10H16N4O4/c1-10(2,3)18-9(16)12-5-6-13-14-8(17-6)7(15)11-4/h5H2,1-4H3,(H,11,15)(H,12,16). The van der Waals surface area contributed by atoms with Gasteiger partial charge in [0.1, 0.15) is 5.60 Å². The van der Waals surface area contributed by atoms with Crippen molar-refractivity contribution in [3.63, 3.8) is 0 Å². The molecule has 0 aromatic carbocycles. The Balaban J connectivity index is 2.47. The van der Waals surface area contributed by atoms with Gasteiger partial charge in [-0.15, -0.1) is 10.2 Å². The number of nitrogens with zero attached hydrogens (tertiary/aromatic N) is 2. The molecule has 1 heterocycles. The summed E-state index contributed by atoms with van der Waals surface area (Å²) in [4.78, 5) is 22.5. The van der Waals surface area contributed by atoms with Crippen molar-refractivity contribution in [1.29, 1.82) is 0 Å². The molecular formula is C10H16N4O4. The Labute approximate surface area is 104 Å². The first-order valence-electron chi connectivity index (χ1n) is 5.33. The van der Waals surface area contributed by atoms with E-state index in [1.165, 1.54) is 7.05 Å². The van der Waals surface area contributed by atoms with Crippen LogP contribution < -0.4 is 10.6 Å². The van der Waals surface area contributed by atoms with E-state index in [1.54, 1.807) is 20.8 Å². The third kappa shape index (κ3) is 4.40. The highest BCUT2D eigenvalue weighted by Crippen LogP contribution is 2.07. The van der Waals surface area contributed by atoms with E-state index in [0.29, 0.717) is 0 Å². The highest BCUT2D eigenvalue weighted by molar-refractivity contribution is 5.89. The van der Waals surface area contributed by atoms with E-state index < -0.39 is 17.6 Å². The lowest BCUT2D eigenvalue weighted by molar-refractivity contribution is 0.0519. The van der Waals surface area contributed by atoms with Crippen LogP contribution in [0.15, 0.2) is 4.42 Å². The third-order valence-electron chi connectivity index (χ3n) is 1.67. The van der Waals surface area contributed by atoms with Crippen LogP contribution in [0.2, 0.25) is 0 Å². The van der Waals surface area contributed by atoms with Crippen LogP contribution in [0.3, 0.4) is 0 Å². The van der Waals surface area contributed by atoms with Crippen LogP contribution in [-0.4, -0.2) is 34.8 Å². The number of amides is 2. The van der Waals surface area contributed by atoms with Crippen molar-refractivity contribution in [3.8, 4) is 0 Å². The van der Waals surface area contributed by atoms with Crippen LogP contribution in [-0.2, 0) is 11.3 Å². The monoisotopic (exact) mass is 256 g/mol. The van der Waals surface area contributed by atoms with E-state index in [1.807, 2.05) is 0 Å². The van der Waals surface area contributed by atoms with Crippen molar-refractivity contribution in [2.45, 2.75) is 32.9 Å². The lowest BCUT2D eigenvalue weighted by Gasteiger charge is -2.19. The summed E-state index contributed by atoms with van der Waals surface area (Å²) >= 11 is 0. The summed E-state index contributed by atoms with van der Waals surface area (Å²) in [5, 5.41) is 11.9. The Morgan fingerprint density at radius 2 is 2.00 bits per heavy atom. The first-order valence-corrected chi connectivity index (χ1v) is 5.33. The molecule has 0 aliphatic carbocycles. The van der Waals surface area contributed by atoms with Crippen LogP contribution in [0.5, 0.6) is 0 Å². The predicted octanol–water partition coefficient (Wildman–Crippen LogP) is 0.454. The Kier molecular flexibility index (Phi) is 4.24. The van der Waals surface area contributed by atoms with Crippen LogP contribution >= 0.6 is 0 Å². The molecule has 8 heteroatoms. The van der Waals surface area contributed by atoms with Gasteiger partial charge in [0.2, 0.25) is 5.89 Å². The minimum Gasteiger partial charge on any atom is -0.444 e. The van der Waals surface area contributed by atoms with Crippen LogP contribution in [0.1, 0.15) is 37.3 Å². The molecule has 0 aliphatic heterocycles. The maximum atomic E-state index is 11.3. The number of carbonyl (C=O) groups is 2. The van der Waals surface area contributed by atoms with Crippen LogP contribution in [0.25, 0.3) is 0 Å². The van der Waals surface area contributed by atoms with Crippen molar-refractivity contribution in [2.75, 3.05) is 7.05 Å². The van der Waals surface area contributed by atoms with E-state index >= 15 is 0 Å². The number of rotatable bonds is 3. The molecule has 0 atom stereocenters. The molecule has 0 bridgehead atoms. The van der Waals surface area contributed by atoms with Crippen molar-refractivity contribution in [2.24, 2.45) is 0 Å². The van der Waals surface area contributed by atoms with E-state index in [0.717, 1.165) is 0 Å². The Morgan fingerprint density at radius 1 is 1.33 bits per heavy atom. The number of hydrogen-bond donors (Lipinski definition) is 2. The number of alkyl carbamates (subject to hydrolysis) is 1. The fourth-order valence-electron chi connectivity index (χ4n) is 0.986. The first kappa shape index (κ1) is 13.9. The molecule has 0 aliphatic rings. The molecule has 100 valence electrons. The van der Waals surface area contributed by atoms with E-state index in [2.05, 4.69) is 20.8 Å². The van der Waals surface area contributed by atoms with Gasteiger partial charge in [-0.1, -0.05) is 0 Å². The third-order valence-corrected chi connectivity index (χ3v) is 1.67. The Bertz CT molecular complexity index is 435. The topological polar surface area (TPSA) is 106 Å². The fourth-order valence-corrected chi connectivity index (χ4v) is 0.986. The van der Waals surface area contributed by atoms with Crippen molar-refractivity contribution in [3.05, 3.63) is 11.8 Å². The second-order valence-corrected chi connectivity index (χ2v) is 4.44. The number of aromatic nitrogens is 2. The second kappa shape index (κ2) is 5.48. The van der Waals surface area contributed by atoms with Gasteiger partial charge in [-0.3, -0.25) is 4.79 Å². The molecule has 0 fully saturated rings. The van der Waals surface area contributed by atoms with Crippen molar-refractivity contribution < 1.29 is 18.7 Å². The zero-order valence-corrected chi connectivity index (χ0v) is 10.7. The molecule has 18 heavy (non-hydrogen) atoms. The second-order valence-electron chi connectivity index (χ2n) is 4.44. The normalized spacial score (nSPS) is 10.9. The molecule has 0 radical (unpaired) electrons. The highest BCUT2D eigenvalue weighted by atomic mass is 16.6. The molecule has 2 N–H and O–H groups in total. The Morgan fingerprint density at radius 3 is 2.56 bits per heavy atom. The van der Waals surface area contributed by atoms with Gasteiger partial charge in [0.25, 0.3) is 0 Å². The van der Waals surface area contributed by atoms with Gasteiger partial charge in [-0.05, 0) is 20.8 Å². The van der Waals surface area contributed by atoms with Gasteiger partial charge in [-0.2, -0.15) is 0 Å². The first-order chi connectivity index (χ1) is 8.31. The van der Waals surface area contributed by atoms with Gasteiger partial charge in [-0.25, -0.2) is 4.79 Å². The number of hydrogen-bond acceptors (Lipinski definition) is 6. The highest BCUT2D eigenvalue weighted by Gasteiger charge is 2.17.